The number of halogens is 1. The van der Waals surface area contributed by atoms with Gasteiger partial charge in [0.1, 0.15) is 11.5 Å². The van der Waals surface area contributed by atoms with Gasteiger partial charge in [-0.25, -0.2) is 0 Å². The largest absolute Gasteiger partial charge is 0.507 e. The van der Waals surface area contributed by atoms with Gasteiger partial charge >= 0.3 is 0 Å². The van der Waals surface area contributed by atoms with Crippen LogP contribution in [0, 0.1) is 0 Å². The van der Waals surface area contributed by atoms with E-state index in [0.717, 1.165) is 0 Å². The van der Waals surface area contributed by atoms with Crippen molar-refractivity contribution in [2.45, 2.75) is 6.04 Å². The number of nitrogens with zero attached hydrogens (tertiary/aromatic N) is 1. The van der Waals surface area contributed by atoms with Crippen molar-refractivity contribution in [3.8, 4) is 5.75 Å². The Morgan fingerprint density at radius 2 is 1.86 bits per heavy atom. The van der Waals surface area contributed by atoms with Gasteiger partial charge in [-0.15, -0.1) is 0 Å². The lowest BCUT2D eigenvalue weighted by atomic mass is 9.95. The van der Waals surface area contributed by atoms with Crippen LogP contribution in [0.5, 0.6) is 5.75 Å². The molecule has 6 nitrogen and oxygen atoms in total. The lowest BCUT2D eigenvalue weighted by molar-refractivity contribution is -0.140. The van der Waals surface area contributed by atoms with Crippen LogP contribution in [0.25, 0.3) is 5.76 Å². The number of aliphatic hydroxyl groups excluding tert-OH is 1. The summed E-state index contributed by atoms with van der Waals surface area (Å²) in [6.45, 7) is 0.463. The molecule has 1 aliphatic heterocycles. The molecule has 0 bridgehead atoms. The number of carbonyl (C=O) groups is 2. The Kier molecular flexibility index (Phi) is 6.02. The number of methoxy groups -OCH3 is 2. The lowest BCUT2D eigenvalue weighted by Crippen LogP contribution is -2.32. The third-order valence-electron chi connectivity index (χ3n) is 4.60. The zero-order valence-electron chi connectivity index (χ0n) is 15.5. The van der Waals surface area contributed by atoms with Crippen molar-refractivity contribution in [3.05, 3.63) is 70.3 Å². The molecule has 2 aromatic rings. The van der Waals surface area contributed by atoms with Crippen LogP contribution in [-0.4, -0.2) is 49.1 Å². The van der Waals surface area contributed by atoms with Crippen LogP contribution in [0.1, 0.15) is 17.2 Å². The lowest BCUT2D eigenvalue weighted by Gasteiger charge is -2.25. The third kappa shape index (κ3) is 3.74. The van der Waals surface area contributed by atoms with Gasteiger partial charge < -0.3 is 19.5 Å². The van der Waals surface area contributed by atoms with E-state index in [0.29, 0.717) is 21.9 Å². The fraction of sp³-hybridized carbons (Fsp3) is 0.238. The van der Waals surface area contributed by atoms with Crippen LogP contribution in [0.2, 0.25) is 5.02 Å². The van der Waals surface area contributed by atoms with E-state index in [-0.39, 0.29) is 24.5 Å². The summed E-state index contributed by atoms with van der Waals surface area (Å²) in [5, 5.41) is 11.4. The van der Waals surface area contributed by atoms with Gasteiger partial charge in [0.25, 0.3) is 11.7 Å². The Labute approximate surface area is 167 Å². The Morgan fingerprint density at radius 1 is 1.14 bits per heavy atom. The van der Waals surface area contributed by atoms with Crippen molar-refractivity contribution in [2.75, 3.05) is 27.4 Å². The molecule has 1 atom stereocenters. The molecular formula is C21H20ClNO5. The minimum Gasteiger partial charge on any atom is -0.507 e. The predicted octanol–water partition coefficient (Wildman–Crippen LogP) is 3.42. The zero-order chi connectivity index (χ0) is 20.3. The van der Waals surface area contributed by atoms with E-state index >= 15 is 0 Å². The second-order valence-electron chi connectivity index (χ2n) is 6.27. The number of ether oxygens (including phenoxy) is 2. The van der Waals surface area contributed by atoms with E-state index < -0.39 is 17.7 Å². The normalized spacial score (nSPS) is 18.5. The molecule has 146 valence electrons. The first-order valence-electron chi connectivity index (χ1n) is 8.65. The number of carbonyl (C=O) groups excluding carboxylic acids is 2. The van der Waals surface area contributed by atoms with Gasteiger partial charge in [-0.3, -0.25) is 9.59 Å². The van der Waals surface area contributed by atoms with Crippen LogP contribution in [0.3, 0.4) is 0 Å². The smallest absolute Gasteiger partial charge is 0.295 e. The first kappa shape index (κ1) is 19.9. The number of hydrogen-bond acceptors (Lipinski definition) is 5. The summed E-state index contributed by atoms with van der Waals surface area (Å²) in [6, 6.07) is 12.7. The minimum atomic E-state index is -0.754. The van der Waals surface area contributed by atoms with E-state index in [1.807, 2.05) is 0 Å². The van der Waals surface area contributed by atoms with Crippen molar-refractivity contribution >= 4 is 29.1 Å². The van der Waals surface area contributed by atoms with Gasteiger partial charge in [-0.1, -0.05) is 23.7 Å². The van der Waals surface area contributed by atoms with Crippen LogP contribution < -0.4 is 4.74 Å². The number of ketones is 1. The van der Waals surface area contributed by atoms with Crippen LogP contribution in [0.15, 0.2) is 54.1 Å². The minimum absolute atomic E-state index is 0.0218. The SMILES string of the molecule is COCCN1C(=O)C(=O)/C(=C(/O)c2ccc(OC)cc2)C1c1cccc(Cl)c1. The molecule has 1 unspecified atom stereocenters. The maximum atomic E-state index is 12.8. The molecule has 0 spiro atoms. The van der Waals surface area contributed by atoms with Crippen LogP contribution >= 0.6 is 11.6 Å². The maximum absolute atomic E-state index is 12.8. The monoisotopic (exact) mass is 401 g/mol. The molecule has 1 saturated heterocycles. The van der Waals surface area contributed by atoms with Crippen molar-refractivity contribution in [2.24, 2.45) is 0 Å². The Balaban J connectivity index is 2.14. The Hall–Kier alpha value is -2.83. The summed E-state index contributed by atoms with van der Waals surface area (Å²) in [5.41, 5.74) is 1.07. The summed E-state index contributed by atoms with van der Waals surface area (Å²) in [6.07, 6.45) is 0. The van der Waals surface area contributed by atoms with Gasteiger partial charge in [-0.2, -0.15) is 0 Å². The molecule has 1 fully saturated rings. The molecule has 0 radical (unpaired) electrons. The highest BCUT2D eigenvalue weighted by molar-refractivity contribution is 6.46. The van der Waals surface area contributed by atoms with Crippen LogP contribution in [0.4, 0.5) is 0 Å². The zero-order valence-corrected chi connectivity index (χ0v) is 16.3. The Bertz CT molecular complexity index is 923. The second kappa shape index (κ2) is 8.46. The molecule has 1 aliphatic rings. The van der Waals surface area contributed by atoms with E-state index in [2.05, 4.69) is 0 Å². The molecule has 28 heavy (non-hydrogen) atoms. The molecule has 3 rings (SSSR count). The van der Waals surface area contributed by atoms with Gasteiger partial charge in [0.2, 0.25) is 0 Å². The number of Topliss-reactive ketones (excluding diaryl/α,β-unsaturated/α-hetero) is 1. The number of amides is 1. The predicted molar refractivity (Wildman–Crippen MR) is 105 cm³/mol. The van der Waals surface area contributed by atoms with Gasteiger partial charge in [0, 0.05) is 24.2 Å². The van der Waals surface area contributed by atoms with Crippen molar-refractivity contribution in [3.63, 3.8) is 0 Å². The van der Waals surface area contributed by atoms with Gasteiger partial charge in [-0.05, 0) is 42.0 Å². The highest BCUT2D eigenvalue weighted by Crippen LogP contribution is 2.39. The highest BCUT2D eigenvalue weighted by atomic mass is 35.5. The summed E-state index contributed by atoms with van der Waals surface area (Å²) < 4.78 is 10.2. The van der Waals surface area contributed by atoms with E-state index in [4.69, 9.17) is 21.1 Å². The molecule has 1 heterocycles. The molecule has 2 aromatic carbocycles. The quantitative estimate of drug-likeness (QED) is 0.456. The van der Waals surface area contributed by atoms with Gasteiger partial charge in [0.05, 0.1) is 25.3 Å². The molecule has 0 aromatic heterocycles. The molecule has 7 heteroatoms. The molecular weight excluding hydrogens is 382 g/mol. The summed E-state index contributed by atoms with van der Waals surface area (Å²) >= 11 is 6.12. The van der Waals surface area contributed by atoms with Crippen molar-refractivity contribution in [1.29, 1.82) is 0 Å². The first-order chi connectivity index (χ1) is 13.5. The average Bonchev–Trinajstić information content (AvgIpc) is 2.96. The highest BCUT2D eigenvalue weighted by Gasteiger charge is 2.45. The number of rotatable bonds is 6. The maximum Gasteiger partial charge on any atom is 0.295 e. The number of aliphatic hydroxyl groups is 1. The molecule has 0 aliphatic carbocycles. The topological polar surface area (TPSA) is 76.1 Å². The summed E-state index contributed by atoms with van der Waals surface area (Å²) in [4.78, 5) is 26.8. The number of likely N-dealkylation sites (tertiary alicyclic amines) is 1. The van der Waals surface area contributed by atoms with Crippen molar-refractivity contribution in [1.82, 2.24) is 4.90 Å². The van der Waals surface area contributed by atoms with Crippen molar-refractivity contribution < 1.29 is 24.2 Å². The fourth-order valence-electron chi connectivity index (χ4n) is 3.23. The van der Waals surface area contributed by atoms with E-state index in [9.17, 15) is 14.7 Å². The molecule has 1 N–H and O–H groups in total. The van der Waals surface area contributed by atoms with Gasteiger partial charge in [0.15, 0.2) is 0 Å². The first-order valence-corrected chi connectivity index (χ1v) is 9.03. The number of hydrogen-bond donors (Lipinski definition) is 1. The summed E-state index contributed by atoms with van der Waals surface area (Å²) in [7, 11) is 3.05. The molecule has 0 saturated carbocycles. The standard InChI is InChI=1S/C21H20ClNO5/c1-27-11-10-23-18(14-4-3-5-15(22)12-14)17(20(25)21(23)26)19(24)13-6-8-16(28-2)9-7-13/h3-9,12,18,24H,10-11H2,1-2H3/b19-17+. The molecule has 1 amide bonds. The summed E-state index contributed by atoms with van der Waals surface area (Å²) in [5.74, 6) is -1.05. The number of benzene rings is 2. The average molecular weight is 402 g/mol. The fourth-order valence-corrected chi connectivity index (χ4v) is 3.43. The second-order valence-corrected chi connectivity index (χ2v) is 6.71. The Morgan fingerprint density at radius 3 is 2.46 bits per heavy atom. The van der Waals surface area contributed by atoms with E-state index in [1.165, 1.54) is 19.1 Å². The van der Waals surface area contributed by atoms with Crippen LogP contribution in [-0.2, 0) is 14.3 Å². The van der Waals surface area contributed by atoms with E-state index in [1.54, 1.807) is 48.5 Å². The third-order valence-corrected chi connectivity index (χ3v) is 4.84.